The van der Waals surface area contributed by atoms with E-state index in [1.165, 1.54) is 18.5 Å². The van der Waals surface area contributed by atoms with E-state index in [0.717, 1.165) is 6.54 Å². The first-order chi connectivity index (χ1) is 7.02. The van der Waals surface area contributed by atoms with Gasteiger partial charge in [0.15, 0.2) is 0 Å². The second-order valence-corrected chi connectivity index (χ2v) is 5.53. The number of nitrogens with two attached hydrogens (primary N) is 1. The van der Waals surface area contributed by atoms with Gasteiger partial charge in [-0.15, -0.1) is 0 Å². The maximum atomic E-state index is 6.16. The molecule has 1 fully saturated rings. The lowest BCUT2D eigenvalue weighted by molar-refractivity contribution is 0.420. The van der Waals surface area contributed by atoms with Crippen LogP contribution in [0.25, 0.3) is 0 Å². The second-order valence-electron chi connectivity index (χ2n) is 5.53. The van der Waals surface area contributed by atoms with E-state index in [0.29, 0.717) is 11.3 Å². The minimum absolute atomic E-state index is 0.106. The van der Waals surface area contributed by atoms with Crippen LogP contribution in [0.5, 0.6) is 0 Å². The van der Waals surface area contributed by atoms with Crippen molar-refractivity contribution in [2.45, 2.75) is 46.2 Å². The van der Waals surface area contributed by atoms with E-state index >= 15 is 0 Å². The molecule has 1 atom stereocenters. The molecule has 1 aromatic heterocycles. The summed E-state index contributed by atoms with van der Waals surface area (Å²) in [5.41, 5.74) is 7.85. The van der Waals surface area contributed by atoms with E-state index in [1.54, 1.807) is 0 Å². The van der Waals surface area contributed by atoms with Crippen molar-refractivity contribution in [1.29, 1.82) is 0 Å². The van der Waals surface area contributed by atoms with Crippen molar-refractivity contribution in [3.8, 4) is 0 Å². The number of hydrogen-bond donors (Lipinski definition) is 1. The van der Waals surface area contributed by atoms with Crippen LogP contribution in [0, 0.1) is 11.3 Å². The first kappa shape index (κ1) is 10.7. The molecule has 3 heteroatoms. The van der Waals surface area contributed by atoms with E-state index in [2.05, 4.69) is 30.3 Å². The Balaban J connectivity index is 2.14. The number of imidazole rings is 1. The predicted molar refractivity (Wildman–Crippen MR) is 61.3 cm³/mol. The number of rotatable bonds is 4. The van der Waals surface area contributed by atoms with E-state index in [4.69, 9.17) is 5.73 Å². The van der Waals surface area contributed by atoms with Gasteiger partial charge in [0.05, 0.1) is 12.0 Å². The van der Waals surface area contributed by atoms with Gasteiger partial charge in [-0.3, -0.25) is 0 Å². The zero-order valence-electron chi connectivity index (χ0n) is 9.90. The summed E-state index contributed by atoms with van der Waals surface area (Å²) in [5.74, 6) is 0.465. The summed E-state index contributed by atoms with van der Waals surface area (Å²) in [6.45, 7) is 7.71. The fraction of sp³-hybridized carbons (Fsp3) is 0.750. The predicted octanol–water partition coefficient (Wildman–Crippen LogP) is 2.34. The lowest BCUT2D eigenvalue weighted by Gasteiger charge is -2.19. The molecule has 1 aromatic rings. The van der Waals surface area contributed by atoms with E-state index in [1.807, 2.05) is 12.5 Å². The maximum absolute atomic E-state index is 6.16. The van der Waals surface area contributed by atoms with Crippen LogP contribution in [0.15, 0.2) is 12.5 Å². The van der Waals surface area contributed by atoms with Crippen molar-refractivity contribution in [2.75, 3.05) is 0 Å². The summed E-state index contributed by atoms with van der Waals surface area (Å²) in [4.78, 5) is 4.22. The molecule has 84 valence electrons. The first-order valence-corrected chi connectivity index (χ1v) is 5.77. The Morgan fingerprint density at radius 3 is 2.73 bits per heavy atom. The molecule has 1 aliphatic rings. The van der Waals surface area contributed by atoms with Crippen molar-refractivity contribution in [3.63, 3.8) is 0 Å². The molecule has 2 rings (SSSR count). The lowest BCUT2D eigenvalue weighted by atomic mass is 10.0. The zero-order valence-corrected chi connectivity index (χ0v) is 9.90. The van der Waals surface area contributed by atoms with Crippen LogP contribution < -0.4 is 5.73 Å². The summed E-state index contributed by atoms with van der Waals surface area (Å²) >= 11 is 0. The second kappa shape index (κ2) is 3.63. The lowest BCUT2D eigenvalue weighted by Crippen LogP contribution is -2.22. The molecule has 0 aliphatic heterocycles. The van der Waals surface area contributed by atoms with E-state index in [9.17, 15) is 0 Å². The monoisotopic (exact) mass is 207 g/mol. The van der Waals surface area contributed by atoms with E-state index < -0.39 is 0 Å². The Morgan fingerprint density at radius 2 is 2.20 bits per heavy atom. The zero-order chi connectivity index (χ0) is 11.1. The van der Waals surface area contributed by atoms with Crippen LogP contribution in [0.3, 0.4) is 0 Å². The molecule has 1 aliphatic carbocycles. The van der Waals surface area contributed by atoms with Gasteiger partial charge in [-0.05, 0) is 24.2 Å². The van der Waals surface area contributed by atoms with Gasteiger partial charge in [-0.1, -0.05) is 20.8 Å². The number of hydrogen-bond acceptors (Lipinski definition) is 2. The van der Waals surface area contributed by atoms with Crippen molar-refractivity contribution in [3.05, 3.63) is 18.2 Å². The molecule has 0 bridgehead atoms. The summed E-state index contributed by atoms with van der Waals surface area (Å²) in [7, 11) is 0. The SMILES string of the molecule is CC(C)C(N)c1cncn1CC1(C)CC1. The van der Waals surface area contributed by atoms with Crippen molar-refractivity contribution in [2.24, 2.45) is 17.1 Å². The van der Waals surface area contributed by atoms with Gasteiger partial charge in [0.1, 0.15) is 0 Å². The van der Waals surface area contributed by atoms with E-state index in [-0.39, 0.29) is 6.04 Å². The average Bonchev–Trinajstić information content (AvgIpc) is 2.73. The van der Waals surface area contributed by atoms with Crippen molar-refractivity contribution >= 4 is 0 Å². The molecular weight excluding hydrogens is 186 g/mol. The smallest absolute Gasteiger partial charge is 0.0948 e. The molecule has 0 spiro atoms. The van der Waals surface area contributed by atoms with Crippen LogP contribution in [0.4, 0.5) is 0 Å². The highest BCUT2D eigenvalue weighted by Gasteiger charge is 2.38. The maximum Gasteiger partial charge on any atom is 0.0948 e. The highest BCUT2D eigenvalue weighted by Crippen LogP contribution is 2.46. The molecule has 3 nitrogen and oxygen atoms in total. The third-order valence-electron chi connectivity index (χ3n) is 3.46. The molecule has 1 unspecified atom stereocenters. The van der Waals surface area contributed by atoms with Gasteiger partial charge >= 0.3 is 0 Å². The Morgan fingerprint density at radius 1 is 1.53 bits per heavy atom. The fourth-order valence-corrected chi connectivity index (χ4v) is 1.86. The van der Waals surface area contributed by atoms with Crippen molar-refractivity contribution in [1.82, 2.24) is 9.55 Å². The first-order valence-electron chi connectivity index (χ1n) is 5.77. The van der Waals surface area contributed by atoms with Crippen LogP contribution in [0.2, 0.25) is 0 Å². The Kier molecular flexibility index (Phi) is 2.59. The highest BCUT2D eigenvalue weighted by molar-refractivity contribution is 5.07. The van der Waals surface area contributed by atoms with Gasteiger partial charge < -0.3 is 10.3 Å². The van der Waals surface area contributed by atoms with Gasteiger partial charge in [0.25, 0.3) is 0 Å². The molecule has 2 N–H and O–H groups in total. The van der Waals surface area contributed by atoms with Crippen molar-refractivity contribution < 1.29 is 0 Å². The highest BCUT2D eigenvalue weighted by atomic mass is 15.1. The summed E-state index contributed by atoms with van der Waals surface area (Å²) < 4.78 is 2.23. The summed E-state index contributed by atoms with van der Waals surface area (Å²) in [5, 5.41) is 0. The largest absolute Gasteiger partial charge is 0.333 e. The van der Waals surface area contributed by atoms with Gasteiger partial charge in [0, 0.05) is 18.8 Å². The third-order valence-corrected chi connectivity index (χ3v) is 3.46. The Labute approximate surface area is 91.7 Å². The molecule has 1 saturated carbocycles. The molecule has 0 saturated heterocycles. The topological polar surface area (TPSA) is 43.8 Å². The third kappa shape index (κ3) is 2.23. The van der Waals surface area contributed by atoms with Gasteiger partial charge in [-0.2, -0.15) is 0 Å². The van der Waals surface area contributed by atoms with Gasteiger partial charge in [0.2, 0.25) is 0 Å². The molecule has 0 radical (unpaired) electrons. The molecule has 0 amide bonds. The average molecular weight is 207 g/mol. The summed E-state index contributed by atoms with van der Waals surface area (Å²) in [6, 6.07) is 0.106. The van der Waals surface area contributed by atoms with Crippen LogP contribution in [-0.4, -0.2) is 9.55 Å². The molecule has 15 heavy (non-hydrogen) atoms. The minimum atomic E-state index is 0.106. The Bertz CT molecular complexity index is 336. The normalized spacial score (nSPS) is 20.6. The quantitative estimate of drug-likeness (QED) is 0.823. The fourth-order valence-electron chi connectivity index (χ4n) is 1.86. The molecule has 0 aromatic carbocycles. The number of aromatic nitrogens is 2. The standard InChI is InChI=1S/C12H21N3/c1-9(2)11(13)10-6-14-8-15(10)7-12(3)4-5-12/h6,8-9,11H,4-5,7,13H2,1-3H3. The summed E-state index contributed by atoms with van der Waals surface area (Å²) in [6.07, 6.45) is 6.50. The minimum Gasteiger partial charge on any atom is -0.333 e. The van der Waals surface area contributed by atoms with Gasteiger partial charge in [-0.25, -0.2) is 4.98 Å². The van der Waals surface area contributed by atoms with Crippen LogP contribution in [0.1, 0.15) is 45.3 Å². The Hall–Kier alpha value is -0.830. The molecular formula is C12H21N3. The van der Waals surface area contributed by atoms with Crippen LogP contribution >= 0.6 is 0 Å². The number of nitrogens with zero attached hydrogens (tertiary/aromatic N) is 2. The van der Waals surface area contributed by atoms with Crippen LogP contribution in [-0.2, 0) is 6.54 Å². The molecule has 1 heterocycles.